The van der Waals surface area contributed by atoms with Gasteiger partial charge < -0.3 is 20.5 Å². The number of hydrogen-bond acceptors (Lipinski definition) is 7. The van der Waals surface area contributed by atoms with Gasteiger partial charge in [-0.1, -0.05) is 30.3 Å². The molecule has 2 aromatic heterocycles. The van der Waals surface area contributed by atoms with Gasteiger partial charge in [0.25, 0.3) is 0 Å². The third-order valence-corrected chi connectivity index (χ3v) is 4.95. The van der Waals surface area contributed by atoms with E-state index >= 15 is 0 Å². The van der Waals surface area contributed by atoms with Gasteiger partial charge in [0.1, 0.15) is 12.1 Å². The van der Waals surface area contributed by atoms with Gasteiger partial charge in [0, 0.05) is 6.54 Å². The number of nitrogens with one attached hydrogen (secondary N) is 2. The fraction of sp³-hybridized carbons (Fsp3) is 0.450. The molecular weight excluding hydrogens is 356 g/mol. The number of aliphatic hydroxyl groups is 1. The summed E-state index contributed by atoms with van der Waals surface area (Å²) in [6, 6.07) is 10.4. The maximum atomic E-state index is 9.35. The summed E-state index contributed by atoms with van der Waals surface area (Å²) in [5.41, 5.74) is 2.77. The van der Waals surface area contributed by atoms with E-state index in [4.69, 9.17) is 9.72 Å². The minimum atomic E-state index is -0.156. The van der Waals surface area contributed by atoms with Gasteiger partial charge in [0.15, 0.2) is 17.0 Å². The second-order valence-electron chi connectivity index (χ2n) is 6.98. The third kappa shape index (κ3) is 3.99. The zero-order chi connectivity index (χ0) is 19.3. The molecule has 4 rings (SSSR count). The van der Waals surface area contributed by atoms with E-state index in [0.717, 1.165) is 42.8 Å². The predicted octanol–water partition coefficient (Wildman–Crippen LogP) is 1.87. The van der Waals surface area contributed by atoms with Crippen molar-refractivity contribution < 1.29 is 9.84 Å². The highest BCUT2D eigenvalue weighted by Crippen LogP contribution is 2.31. The van der Waals surface area contributed by atoms with Gasteiger partial charge >= 0.3 is 0 Å². The van der Waals surface area contributed by atoms with Gasteiger partial charge in [-0.3, -0.25) is 4.57 Å². The van der Waals surface area contributed by atoms with Crippen LogP contribution in [0.2, 0.25) is 0 Å². The summed E-state index contributed by atoms with van der Waals surface area (Å²) in [7, 11) is 1.87. The molecule has 2 atom stereocenters. The standard InChI is InChI=1S/C20H26N6O2/c1-21-11-16-24-19(22-10-9-14-5-3-2-4-6-14)18-20(25-16)26(13-23-18)17-8-7-15(12-27)28-17/h2-6,13,15,17,21,27H,7-12H2,1H3,(H,22,24,25). The maximum absolute atomic E-state index is 9.35. The summed E-state index contributed by atoms with van der Waals surface area (Å²) in [4.78, 5) is 13.9. The first-order valence-electron chi connectivity index (χ1n) is 9.70. The Kier molecular flexibility index (Phi) is 5.80. The third-order valence-electron chi connectivity index (χ3n) is 4.95. The van der Waals surface area contributed by atoms with Crippen molar-refractivity contribution in [2.75, 3.05) is 25.5 Å². The van der Waals surface area contributed by atoms with Crippen LogP contribution in [0.4, 0.5) is 5.82 Å². The molecule has 1 aromatic carbocycles. The van der Waals surface area contributed by atoms with Gasteiger partial charge in [-0.05, 0) is 31.9 Å². The molecule has 0 bridgehead atoms. The molecule has 28 heavy (non-hydrogen) atoms. The summed E-state index contributed by atoms with van der Waals surface area (Å²) >= 11 is 0. The minimum Gasteiger partial charge on any atom is -0.394 e. The van der Waals surface area contributed by atoms with Crippen molar-refractivity contribution in [2.24, 2.45) is 0 Å². The summed E-state index contributed by atoms with van der Waals surface area (Å²) in [6.07, 6.45) is 4.05. The SMILES string of the molecule is CNCc1nc(NCCc2ccccc2)c2ncn(C3CCC(CO)O3)c2n1. The number of imidazole rings is 1. The number of ether oxygens (including phenoxy) is 1. The lowest BCUT2D eigenvalue weighted by Crippen LogP contribution is -2.16. The molecule has 2 unspecified atom stereocenters. The summed E-state index contributed by atoms with van der Waals surface area (Å²) < 4.78 is 7.87. The lowest BCUT2D eigenvalue weighted by atomic mass is 10.1. The van der Waals surface area contributed by atoms with Crippen LogP contribution in [0.3, 0.4) is 0 Å². The van der Waals surface area contributed by atoms with Crippen LogP contribution in [0.1, 0.15) is 30.5 Å². The number of rotatable bonds is 8. The van der Waals surface area contributed by atoms with Gasteiger partial charge in [0.2, 0.25) is 0 Å². The van der Waals surface area contributed by atoms with Crippen molar-refractivity contribution in [2.45, 2.75) is 38.1 Å². The average molecular weight is 382 g/mol. The number of anilines is 1. The van der Waals surface area contributed by atoms with Crippen molar-refractivity contribution >= 4 is 17.0 Å². The molecule has 0 saturated carbocycles. The summed E-state index contributed by atoms with van der Waals surface area (Å²) in [6.45, 7) is 1.36. The Morgan fingerprint density at radius 3 is 2.82 bits per heavy atom. The molecular formula is C20H26N6O2. The maximum Gasteiger partial charge on any atom is 0.167 e. The second kappa shape index (κ2) is 8.64. The van der Waals surface area contributed by atoms with E-state index in [-0.39, 0.29) is 18.9 Å². The number of hydrogen-bond donors (Lipinski definition) is 3. The normalized spacial score (nSPS) is 19.4. The van der Waals surface area contributed by atoms with Crippen LogP contribution in [0.15, 0.2) is 36.7 Å². The quantitative estimate of drug-likeness (QED) is 0.547. The van der Waals surface area contributed by atoms with Crippen LogP contribution in [0, 0.1) is 0 Å². The average Bonchev–Trinajstić information content (AvgIpc) is 3.35. The number of benzene rings is 1. The topological polar surface area (TPSA) is 97.1 Å². The van der Waals surface area contributed by atoms with E-state index in [1.165, 1.54) is 5.56 Å². The van der Waals surface area contributed by atoms with Crippen LogP contribution in [-0.2, 0) is 17.7 Å². The Morgan fingerprint density at radius 1 is 1.21 bits per heavy atom. The van der Waals surface area contributed by atoms with E-state index < -0.39 is 0 Å². The number of nitrogens with zero attached hydrogens (tertiary/aromatic N) is 4. The Morgan fingerprint density at radius 2 is 2.07 bits per heavy atom. The molecule has 3 heterocycles. The number of aliphatic hydroxyl groups excluding tert-OH is 1. The Bertz CT molecular complexity index is 914. The molecule has 0 amide bonds. The molecule has 3 aromatic rings. The summed E-state index contributed by atoms with van der Waals surface area (Å²) in [5, 5.41) is 15.9. The van der Waals surface area contributed by atoms with Gasteiger partial charge in [-0.2, -0.15) is 0 Å². The smallest absolute Gasteiger partial charge is 0.167 e. The first-order valence-corrected chi connectivity index (χ1v) is 9.70. The monoisotopic (exact) mass is 382 g/mol. The van der Waals surface area contributed by atoms with Gasteiger partial charge in [-0.15, -0.1) is 0 Å². The van der Waals surface area contributed by atoms with E-state index in [9.17, 15) is 5.11 Å². The van der Waals surface area contributed by atoms with Crippen molar-refractivity contribution in [3.8, 4) is 0 Å². The Hall–Kier alpha value is -2.55. The lowest BCUT2D eigenvalue weighted by molar-refractivity contribution is -0.0207. The highest BCUT2D eigenvalue weighted by molar-refractivity contribution is 5.83. The molecule has 0 radical (unpaired) electrons. The number of fused-ring (bicyclic) bond motifs is 1. The molecule has 0 spiro atoms. The highest BCUT2D eigenvalue weighted by Gasteiger charge is 2.28. The van der Waals surface area contributed by atoms with Gasteiger partial charge in [-0.25, -0.2) is 15.0 Å². The van der Waals surface area contributed by atoms with Crippen LogP contribution in [0.5, 0.6) is 0 Å². The minimum absolute atomic E-state index is 0.0371. The molecule has 1 aliphatic heterocycles. The molecule has 1 saturated heterocycles. The zero-order valence-electron chi connectivity index (χ0n) is 16.0. The highest BCUT2D eigenvalue weighted by atomic mass is 16.5. The Labute approximate surface area is 164 Å². The predicted molar refractivity (Wildman–Crippen MR) is 107 cm³/mol. The lowest BCUT2D eigenvalue weighted by Gasteiger charge is -2.15. The molecule has 8 nitrogen and oxygen atoms in total. The van der Waals surface area contributed by atoms with Crippen molar-refractivity contribution in [1.29, 1.82) is 0 Å². The van der Waals surface area contributed by atoms with Crippen LogP contribution in [-0.4, -0.2) is 50.9 Å². The second-order valence-corrected chi connectivity index (χ2v) is 6.98. The fourth-order valence-corrected chi connectivity index (χ4v) is 3.53. The molecule has 3 N–H and O–H groups in total. The first kappa shape index (κ1) is 18.8. The fourth-order valence-electron chi connectivity index (χ4n) is 3.53. The van der Waals surface area contributed by atoms with Crippen molar-refractivity contribution in [1.82, 2.24) is 24.8 Å². The van der Waals surface area contributed by atoms with E-state index in [1.807, 2.05) is 29.8 Å². The van der Waals surface area contributed by atoms with E-state index in [2.05, 4.69) is 32.7 Å². The van der Waals surface area contributed by atoms with Crippen molar-refractivity contribution in [3.63, 3.8) is 0 Å². The first-order chi connectivity index (χ1) is 13.8. The largest absolute Gasteiger partial charge is 0.394 e. The van der Waals surface area contributed by atoms with Crippen molar-refractivity contribution in [3.05, 3.63) is 48.0 Å². The van der Waals surface area contributed by atoms with Gasteiger partial charge in [0.05, 0.1) is 25.6 Å². The molecule has 1 fully saturated rings. The summed E-state index contributed by atoms with van der Waals surface area (Å²) in [5.74, 6) is 1.44. The Balaban J connectivity index is 1.58. The number of aromatic nitrogens is 4. The zero-order valence-corrected chi connectivity index (χ0v) is 16.0. The molecule has 148 valence electrons. The molecule has 0 aliphatic carbocycles. The van der Waals surface area contributed by atoms with Crippen LogP contribution < -0.4 is 10.6 Å². The van der Waals surface area contributed by atoms with E-state index in [0.29, 0.717) is 12.4 Å². The van der Waals surface area contributed by atoms with E-state index in [1.54, 1.807) is 6.33 Å². The van der Waals surface area contributed by atoms with Crippen LogP contribution in [0.25, 0.3) is 11.2 Å². The molecule has 8 heteroatoms. The van der Waals surface area contributed by atoms with Crippen LogP contribution >= 0.6 is 0 Å². The molecule has 1 aliphatic rings.